The van der Waals surface area contributed by atoms with Gasteiger partial charge in [-0.25, -0.2) is 0 Å². The van der Waals surface area contributed by atoms with Gasteiger partial charge in [0.1, 0.15) is 5.75 Å². The number of rotatable bonds is 9. The Kier molecular flexibility index (Phi) is 8.46. The molecule has 1 heterocycles. The van der Waals surface area contributed by atoms with E-state index in [2.05, 4.69) is 29.4 Å². The highest BCUT2D eigenvalue weighted by molar-refractivity contribution is 5.79. The molecule has 0 bridgehead atoms. The molecule has 0 amide bonds. The van der Waals surface area contributed by atoms with Crippen molar-refractivity contribution in [3.63, 3.8) is 0 Å². The van der Waals surface area contributed by atoms with Gasteiger partial charge < -0.3 is 15.4 Å². The SMILES string of the molecule is CCNC(=NCC1CCCN1CC)NCCCOc1ccccc1. The minimum Gasteiger partial charge on any atom is -0.494 e. The molecule has 0 radical (unpaired) electrons. The van der Waals surface area contributed by atoms with Crippen LogP contribution in [0.3, 0.4) is 0 Å². The Labute approximate surface area is 146 Å². The first-order valence-corrected chi connectivity index (χ1v) is 9.27. The van der Waals surface area contributed by atoms with Crippen LogP contribution in [0.5, 0.6) is 5.75 Å². The highest BCUT2D eigenvalue weighted by Gasteiger charge is 2.22. The Hall–Kier alpha value is -1.75. The standard InChI is InChI=1S/C19H32N4O/c1-3-20-19(22-16-17-10-8-14-23(17)4-2)21-13-9-15-24-18-11-6-5-7-12-18/h5-7,11-12,17H,3-4,8-10,13-16H2,1-2H3,(H2,20,21,22). The highest BCUT2D eigenvalue weighted by Crippen LogP contribution is 2.16. The first-order valence-electron chi connectivity index (χ1n) is 9.27. The molecular weight excluding hydrogens is 300 g/mol. The van der Waals surface area contributed by atoms with Gasteiger partial charge in [0.25, 0.3) is 0 Å². The second-order valence-electron chi connectivity index (χ2n) is 6.09. The van der Waals surface area contributed by atoms with Crippen molar-refractivity contribution < 1.29 is 4.74 Å². The van der Waals surface area contributed by atoms with E-state index < -0.39 is 0 Å². The molecule has 0 saturated carbocycles. The largest absolute Gasteiger partial charge is 0.494 e. The maximum absolute atomic E-state index is 5.71. The average molecular weight is 332 g/mol. The van der Waals surface area contributed by atoms with Crippen molar-refractivity contribution in [2.24, 2.45) is 4.99 Å². The van der Waals surface area contributed by atoms with E-state index in [0.29, 0.717) is 12.6 Å². The molecule has 0 aliphatic carbocycles. The van der Waals surface area contributed by atoms with Crippen molar-refractivity contribution in [3.05, 3.63) is 30.3 Å². The number of benzene rings is 1. The molecule has 0 spiro atoms. The third-order valence-corrected chi connectivity index (χ3v) is 4.34. The summed E-state index contributed by atoms with van der Waals surface area (Å²) in [6, 6.07) is 10.6. The van der Waals surface area contributed by atoms with Gasteiger partial charge in [-0.1, -0.05) is 25.1 Å². The number of nitrogens with one attached hydrogen (secondary N) is 2. The lowest BCUT2D eigenvalue weighted by molar-refractivity contribution is 0.273. The van der Waals surface area contributed by atoms with Gasteiger partial charge in [0, 0.05) is 19.1 Å². The number of hydrogen-bond donors (Lipinski definition) is 2. The van der Waals surface area contributed by atoms with Crippen LogP contribution in [0.25, 0.3) is 0 Å². The third-order valence-electron chi connectivity index (χ3n) is 4.34. The molecule has 5 heteroatoms. The fourth-order valence-electron chi connectivity index (χ4n) is 3.04. The first kappa shape index (κ1) is 18.6. The molecule has 24 heavy (non-hydrogen) atoms. The number of para-hydroxylation sites is 1. The van der Waals surface area contributed by atoms with Gasteiger partial charge in [0.05, 0.1) is 13.2 Å². The van der Waals surface area contributed by atoms with E-state index in [0.717, 1.165) is 44.3 Å². The van der Waals surface area contributed by atoms with Crippen molar-refractivity contribution >= 4 is 5.96 Å². The molecular formula is C19H32N4O. The lowest BCUT2D eigenvalue weighted by atomic mass is 10.2. The molecule has 1 aliphatic heterocycles. The maximum Gasteiger partial charge on any atom is 0.191 e. The van der Waals surface area contributed by atoms with Crippen LogP contribution in [-0.4, -0.2) is 56.2 Å². The predicted molar refractivity (Wildman–Crippen MR) is 101 cm³/mol. The van der Waals surface area contributed by atoms with Gasteiger partial charge in [-0.05, 0) is 51.4 Å². The van der Waals surface area contributed by atoms with E-state index in [9.17, 15) is 0 Å². The summed E-state index contributed by atoms with van der Waals surface area (Å²) in [5, 5.41) is 6.73. The zero-order chi connectivity index (χ0) is 17.0. The minimum atomic E-state index is 0.604. The third kappa shape index (κ3) is 6.40. The summed E-state index contributed by atoms with van der Waals surface area (Å²) in [5.41, 5.74) is 0. The zero-order valence-electron chi connectivity index (χ0n) is 15.1. The summed E-state index contributed by atoms with van der Waals surface area (Å²) < 4.78 is 5.71. The summed E-state index contributed by atoms with van der Waals surface area (Å²) in [5.74, 6) is 1.85. The smallest absolute Gasteiger partial charge is 0.191 e. The molecule has 1 saturated heterocycles. The van der Waals surface area contributed by atoms with Crippen LogP contribution < -0.4 is 15.4 Å². The molecule has 1 fully saturated rings. The van der Waals surface area contributed by atoms with Crippen LogP contribution in [0.15, 0.2) is 35.3 Å². The van der Waals surface area contributed by atoms with Crippen molar-refractivity contribution in [2.75, 3.05) is 39.3 Å². The van der Waals surface area contributed by atoms with E-state index >= 15 is 0 Å². The van der Waals surface area contributed by atoms with E-state index in [1.54, 1.807) is 0 Å². The van der Waals surface area contributed by atoms with Gasteiger partial charge in [-0.15, -0.1) is 0 Å². The van der Waals surface area contributed by atoms with Crippen molar-refractivity contribution in [1.29, 1.82) is 0 Å². The van der Waals surface area contributed by atoms with Gasteiger partial charge in [0.15, 0.2) is 5.96 Å². The Balaban J connectivity index is 1.67. The summed E-state index contributed by atoms with van der Waals surface area (Å²) in [7, 11) is 0. The average Bonchev–Trinajstić information content (AvgIpc) is 3.07. The van der Waals surface area contributed by atoms with Crippen LogP contribution >= 0.6 is 0 Å². The van der Waals surface area contributed by atoms with Crippen molar-refractivity contribution in [2.45, 2.75) is 39.2 Å². The quantitative estimate of drug-likeness (QED) is 0.414. The van der Waals surface area contributed by atoms with Gasteiger partial charge in [-0.2, -0.15) is 0 Å². The molecule has 0 aromatic heterocycles. The van der Waals surface area contributed by atoms with Gasteiger partial charge in [0.2, 0.25) is 0 Å². The molecule has 1 unspecified atom stereocenters. The Morgan fingerprint density at radius 1 is 1.25 bits per heavy atom. The number of ether oxygens (including phenoxy) is 1. The lowest BCUT2D eigenvalue weighted by Gasteiger charge is -2.21. The molecule has 2 rings (SSSR count). The van der Waals surface area contributed by atoms with Crippen LogP contribution in [0.1, 0.15) is 33.1 Å². The number of likely N-dealkylation sites (N-methyl/N-ethyl adjacent to an activating group) is 1. The fraction of sp³-hybridized carbons (Fsp3) is 0.632. The summed E-state index contributed by atoms with van der Waals surface area (Å²) >= 11 is 0. The summed E-state index contributed by atoms with van der Waals surface area (Å²) in [4.78, 5) is 7.29. The monoisotopic (exact) mass is 332 g/mol. The van der Waals surface area contributed by atoms with E-state index in [4.69, 9.17) is 9.73 Å². The molecule has 1 atom stereocenters. The van der Waals surface area contributed by atoms with Crippen molar-refractivity contribution in [1.82, 2.24) is 15.5 Å². The number of guanidine groups is 1. The number of hydrogen-bond acceptors (Lipinski definition) is 3. The number of likely N-dealkylation sites (tertiary alicyclic amines) is 1. The second-order valence-corrected chi connectivity index (χ2v) is 6.09. The molecule has 1 aliphatic rings. The second kappa shape index (κ2) is 10.9. The van der Waals surface area contributed by atoms with Crippen LogP contribution in [0.2, 0.25) is 0 Å². The molecule has 5 nitrogen and oxygen atoms in total. The van der Waals surface area contributed by atoms with Crippen LogP contribution in [0, 0.1) is 0 Å². The van der Waals surface area contributed by atoms with Crippen LogP contribution in [-0.2, 0) is 0 Å². The summed E-state index contributed by atoms with van der Waals surface area (Å²) in [6.07, 6.45) is 3.51. The Morgan fingerprint density at radius 3 is 2.83 bits per heavy atom. The molecule has 1 aromatic rings. The van der Waals surface area contributed by atoms with Crippen LogP contribution in [0.4, 0.5) is 0 Å². The van der Waals surface area contributed by atoms with E-state index in [-0.39, 0.29) is 0 Å². The fourth-order valence-corrected chi connectivity index (χ4v) is 3.04. The first-order chi connectivity index (χ1) is 11.8. The van der Waals surface area contributed by atoms with Crippen molar-refractivity contribution in [3.8, 4) is 5.75 Å². The normalized spacial score (nSPS) is 18.6. The topological polar surface area (TPSA) is 48.9 Å². The molecule has 1 aromatic carbocycles. The summed E-state index contributed by atoms with van der Waals surface area (Å²) in [6.45, 7) is 10.0. The molecule has 2 N–H and O–H groups in total. The minimum absolute atomic E-state index is 0.604. The Morgan fingerprint density at radius 2 is 2.08 bits per heavy atom. The predicted octanol–water partition coefficient (Wildman–Crippen LogP) is 2.49. The van der Waals surface area contributed by atoms with E-state index in [1.807, 2.05) is 30.3 Å². The lowest BCUT2D eigenvalue weighted by Crippen LogP contribution is -2.39. The van der Waals surface area contributed by atoms with Gasteiger partial charge in [-0.3, -0.25) is 9.89 Å². The zero-order valence-corrected chi connectivity index (χ0v) is 15.1. The van der Waals surface area contributed by atoms with Gasteiger partial charge >= 0.3 is 0 Å². The number of aliphatic imine (C=N–C) groups is 1. The van der Waals surface area contributed by atoms with E-state index in [1.165, 1.54) is 19.4 Å². The molecule has 134 valence electrons. The Bertz CT molecular complexity index is 478. The highest BCUT2D eigenvalue weighted by atomic mass is 16.5. The maximum atomic E-state index is 5.71. The number of nitrogens with zero attached hydrogens (tertiary/aromatic N) is 2.